The smallest absolute Gasteiger partial charge is 0.168 e. The van der Waals surface area contributed by atoms with Gasteiger partial charge < -0.3 is 10.1 Å². The van der Waals surface area contributed by atoms with Crippen LogP contribution in [0.2, 0.25) is 0 Å². The molecule has 0 saturated carbocycles. The Morgan fingerprint density at radius 3 is 2.74 bits per heavy atom. The van der Waals surface area contributed by atoms with Crippen molar-refractivity contribution in [3.63, 3.8) is 0 Å². The highest BCUT2D eigenvalue weighted by Crippen LogP contribution is 2.27. The Labute approximate surface area is 113 Å². The normalized spacial score (nSPS) is 18.7. The van der Waals surface area contributed by atoms with E-state index in [4.69, 9.17) is 4.74 Å². The van der Waals surface area contributed by atoms with Crippen LogP contribution in [0.3, 0.4) is 0 Å². The molecule has 0 amide bonds. The molecule has 4 heteroatoms. The van der Waals surface area contributed by atoms with Crippen LogP contribution in [-0.2, 0) is 0 Å². The average Bonchev–Trinajstić information content (AvgIpc) is 3.03. The number of aryl methyl sites for hydroxylation is 1. The zero-order valence-electron chi connectivity index (χ0n) is 11.4. The van der Waals surface area contributed by atoms with E-state index in [0.717, 1.165) is 36.7 Å². The number of ether oxygens (including phenoxy) is 1. The van der Waals surface area contributed by atoms with E-state index in [-0.39, 0.29) is 0 Å². The van der Waals surface area contributed by atoms with Crippen molar-refractivity contribution in [1.82, 2.24) is 15.1 Å². The van der Waals surface area contributed by atoms with Gasteiger partial charge in [-0.05, 0) is 38.9 Å². The van der Waals surface area contributed by atoms with Gasteiger partial charge in [-0.25, -0.2) is 0 Å². The molecule has 100 valence electrons. The molecule has 1 atom stereocenters. The van der Waals surface area contributed by atoms with Crippen molar-refractivity contribution in [1.29, 1.82) is 0 Å². The molecule has 4 nitrogen and oxygen atoms in total. The van der Waals surface area contributed by atoms with Crippen LogP contribution in [-0.4, -0.2) is 22.9 Å². The second-order valence-electron chi connectivity index (χ2n) is 5.10. The highest BCUT2D eigenvalue weighted by Gasteiger charge is 2.20. The van der Waals surface area contributed by atoms with Gasteiger partial charge in [0.25, 0.3) is 0 Å². The molecule has 2 heterocycles. The third-order valence-electron chi connectivity index (χ3n) is 3.63. The minimum absolute atomic E-state index is 0.454. The number of nitrogens with one attached hydrogen (secondary N) is 1. The molecule has 0 spiro atoms. The molecule has 1 fully saturated rings. The third kappa shape index (κ3) is 2.49. The highest BCUT2D eigenvalue weighted by molar-refractivity contribution is 5.34. The Balaban J connectivity index is 1.80. The van der Waals surface area contributed by atoms with Crippen LogP contribution >= 0.6 is 0 Å². The van der Waals surface area contributed by atoms with Gasteiger partial charge in [0.1, 0.15) is 5.75 Å². The summed E-state index contributed by atoms with van der Waals surface area (Å²) >= 11 is 0. The van der Waals surface area contributed by atoms with Gasteiger partial charge >= 0.3 is 0 Å². The van der Waals surface area contributed by atoms with Gasteiger partial charge in [0.15, 0.2) is 5.75 Å². The fourth-order valence-electron chi connectivity index (χ4n) is 2.46. The van der Waals surface area contributed by atoms with E-state index < -0.39 is 0 Å². The Hall–Kier alpha value is -1.81. The van der Waals surface area contributed by atoms with Crippen molar-refractivity contribution in [2.45, 2.75) is 26.3 Å². The minimum Gasteiger partial charge on any atom is -0.454 e. The van der Waals surface area contributed by atoms with Gasteiger partial charge in [0, 0.05) is 6.54 Å². The van der Waals surface area contributed by atoms with Crippen LogP contribution < -0.4 is 10.1 Å². The van der Waals surface area contributed by atoms with Crippen molar-refractivity contribution in [3.8, 4) is 11.5 Å². The lowest BCUT2D eigenvalue weighted by Gasteiger charge is -2.12. The highest BCUT2D eigenvalue weighted by atomic mass is 16.5. The number of benzene rings is 1. The lowest BCUT2D eigenvalue weighted by molar-refractivity contribution is 0.456. The Morgan fingerprint density at radius 1 is 1.26 bits per heavy atom. The Kier molecular flexibility index (Phi) is 3.25. The third-order valence-corrected chi connectivity index (χ3v) is 3.63. The molecule has 1 aromatic carbocycles. The quantitative estimate of drug-likeness (QED) is 0.919. The van der Waals surface area contributed by atoms with E-state index in [0.29, 0.717) is 6.04 Å². The summed E-state index contributed by atoms with van der Waals surface area (Å²) in [5, 5.41) is 7.82. The van der Waals surface area contributed by atoms with E-state index in [1.165, 1.54) is 5.56 Å². The number of hydrogen-bond donors (Lipinski definition) is 1. The molecular formula is C15H19N3O. The minimum atomic E-state index is 0.454. The lowest BCUT2D eigenvalue weighted by Crippen LogP contribution is -2.15. The van der Waals surface area contributed by atoms with Crippen LogP contribution in [0.5, 0.6) is 11.5 Å². The monoisotopic (exact) mass is 257 g/mol. The number of nitrogens with zero attached hydrogens (tertiary/aromatic N) is 2. The molecular weight excluding hydrogens is 238 g/mol. The maximum atomic E-state index is 5.90. The van der Waals surface area contributed by atoms with Crippen LogP contribution in [0.4, 0.5) is 0 Å². The molecule has 1 unspecified atom stereocenters. The number of rotatable bonds is 3. The molecule has 0 aliphatic carbocycles. The molecule has 19 heavy (non-hydrogen) atoms. The summed E-state index contributed by atoms with van der Waals surface area (Å²) in [5.74, 6) is 1.70. The summed E-state index contributed by atoms with van der Waals surface area (Å²) < 4.78 is 7.97. The first-order valence-corrected chi connectivity index (χ1v) is 6.73. The molecule has 0 radical (unpaired) electrons. The summed E-state index contributed by atoms with van der Waals surface area (Å²) in [5.41, 5.74) is 2.33. The van der Waals surface area contributed by atoms with Crippen molar-refractivity contribution in [2.75, 3.05) is 13.1 Å². The van der Waals surface area contributed by atoms with Crippen LogP contribution in [0.15, 0.2) is 30.5 Å². The number of hydrogen-bond acceptors (Lipinski definition) is 3. The summed E-state index contributed by atoms with van der Waals surface area (Å²) in [7, 11) is 0. The zero-order valence-corrected chi connectivity index (χ0v) is 11.4. The molecule has 0 bridgehead atoms. The SMILES string of the molecule is Cc1ccc(Oc2cnn(C3CCNC3)c2C)cc1. The fraction of sp³-hybridized carbons (Fsp3) is 0.400. The molecule has 1 aliphatic heterocycles. The second-order valence-corrected chi connectivity index (χ2v) is 5.10. The molecule has 1 aromatic heterocycles. The standard InChI is InChI=1S/C15H19N3O/c1-11-3-5-14(6-4-11)19-15-10-17-18(12(15)2)13-7-8-16-9-13/h3-6,10,13,16H,7-9H2,1-2H3. The summed E-state index contributed by atoms with van der Waals surface area (Å²) in [6.45, 7) is 6.19. The first-order chi connectivity index (χ1) is 9.24. The van der Waals surface area contributed by atoms with Crippen LogP contribution in [0.1, 0.15) is 23.7 Å². The van der Waals surface area contributed by atoms with E-state index in [1.807, 2.05) is 18.3 Å². The van der Waals surface area contributed by atoms with Crippen molar-refractivity contribution < 1.29 is 4.74 Å². The topological polar surface area (TPSA) is 39.1 Å². The van der Waals surface area contributed by atoms with Gasteiger partial charge in [0.05, 0.1) is 17.9 Å². The molecule has 1 aliphatic rings. The molecule has 1 saturated heterocycles. The van der Waals surface area contributed by atoms with E-state index in [9.17, 15) is 0 Å². The van der Waals surface area contributed by atoms with E-state index in [2.05, 4.69) is 41.1 Å². The summed E-state index contributed by atoms with van der Waals surface area (Å²) in [6.07, 6.45) is 2.94. The summed E-state index contributed by atoms with van der Waals surface area (Å²) in [4.78, 5) is 0. The summed E-state index contributed by atoms with van der Waals surface area (Å²) in [6, 6.07) is 8.54. The van der Waals surface area contributed by atoms with E-state index in [1.54, 1.807) is 0 Å². The van der Waals surface area contributed by atoms with Crippen LogP contribution in [0, 0.1) is 13.8 Å². The second kappa shape index (κ2) is 5.05. The Bertz CT molecular complexity index is 553. The Morgan fingerprint density at radius 2 is 2.05 bits per heavy atom. The first-order valence-electron chi connectivity index (χ1n) is 6.73. The van der Waals surface area contributed by atoms with Crippen molar-refractivity contribution in [3.05, 3.63) is 41.7 Å². The molecule has 3 rings (SSSR count). The van der Waals surface area contributed by atoms with Gasteiger partial charge in [0.2, 0.25) is 0 Å². The van der Waals surface area contributed by atoms with Crippen molar-refractivity contribution >= 4 is 0 Å². The number of aromatic nitrogens is 2. The van der Waals surface area contributed by atoms with Gasteiger partial charge in [-0.15, -0.1) is 0 Å². The van der Waals surface area contributed by atoms with Crippen LogP contribution in [0.25, 0.3) is 0 Å². The average molecular weight is 257 g/mol. The lowest BCUT2D eigenvalue weighted by atomic mass is 10.2. The van der Waals surface area contributed by atoms with Gasteiger partial charge in [-0.3, -0.25) is 4.68 Å². The van der Waals surface area contributed by atoms with Gasteiger partial charge in [-0.2, -0.15) is 5.10 Å². The fourth-order valence-corrected chi connectivity index (χ4v) is 2.46. The predicted octanol–water partition coefficient (Wildman–Crippen LogP) is 2.83. The molecule has 2 aromatic rings. The van der Waals surface area contributed by atoms with Gasteiger partial charge in [-0.1, -0.05) is 17.7 Å². The molecule has 1 N–H and O–H groups in total. The predicted molar refractivity (Wildman–Crippen MR) is 74.7 cm³/mol. The zero-order chi connectivity index (χ0) is 13.2. The largest absolute Gasteiger partial charge is 0.454 e. The van der Waals surface area contributed by atoms with Crippen molar-refractivity contribution in [2.24, 2.45) is 0 Å². The maximum absolute atomic E-state index is 5.90. The van der Waals surface area contributed by atoms with E-state index >= 15 is 0 Å². The maximum Gasteiger partial charge on any atom is 0.168 e. The first kappa shape index (κ1) is 12.2.